The molecule has 3 N–H and O–H groups in total. The Morgan fingerprint density at radius 1 is 1.47 bits per heavy atom. The number of halogens is 1. The Hall–Kier alpha value is -1.56. The standard InChI is InChI=1S/C13H16BrN3O2/c1-8-2-3-9(6-11(8)14)12(18)16-10-4-5-17(7-10)13(15)19/h2-3,6,10H,4-5,7H2,1H3,(H2,15,19)(H,16,18)/t10-/m1/s1. The minimum Gasteiger partial charge on any atom is -0.351 e. The first-order chi connectivity index (χ1) is 8.97. The summed E-state index contributed by atoms with van der Waals surface area (Å²) in [4.78, 5) is 24.6. The van der Waals surface area contributed by atoms with Gasteiger partial charge in [0.15, 0.2) is 0 Å². The van der Waals surface area contributed by atoms with Crippen LogP contribution in [-0.4, -0.2) is 36.0 Å². The monoisotopic (exact) mass is 325 g/mol. The Labute approximate surface area is 120 Å². The number of rotatable bonds is 2. The summed E-state index contributed by atoms with van der Waals surface area (Å²) in [5, 5.41) is 2.92. The molecule has 0 bridgehead atoms. The van der Waals surface area contributed by atoms with Gasteiger partial charge in [-0.05, 0) is 31.0 Å². The minimum atomic E-state index is -0.435. The summed E-state index contributed by atoms with van der Waals surface area (Å²) in [5.41, 5.74) is 6.89. The molecule has 0 unspecified atom stereocenters. The van der Waals surface area contributed by atoms with E-state index in [0.717, 1.165) is 16.5 Å². The van der Waals surface area contributed by atoms with E-state index in [0.29, 0.717) is 18.7 Å². The van der Waals surface area contributed by atoms with Crippen molar-refractivity contribution in [1.82, 2.24) is 10.2 Å². The molecule has 0 aromatic heterocycles. The largest absolute Gasteiger partial charge is 0.351 e. The molecule has 1 fully saturated rings. The molecular weight excluding hydrogens is 310 g/mol. The number of aryl methyl sites for hydroxylation is 1. The first-order valence-electron chi connectivity index (χ1n) is 6.09. The number of nitrogens with one attached hydrogen (secondary N) is 1. The van der Waals surface area contributed by atoms with E-state index in [1.807, 2.05) is 13.0 Å². The van der Waals surface area contributed by atoms with Crippen LogP contribution in [0.1, 0.15) is 22.3 Å². The Kier molecular flexibility index (Phi) is 4.09. The topological polar surface area (TPSA) is 75.4 Å². The fourth-order valence-corrected chi connectivity index (χ4v) is 2.46. The molecule has 1 aromatic carbocycles. The summed E-state index contributed by atoms with van der Waals surface area (Å²) in [6.07, 6.45) is 0.738. The van der Waals surface area contributed by atoms with Gasteiger partial charge in [0, 0.05) is 29.2 Å². The average Bonchev–Trinajstić information content (AvgIpc) is 2.81. The maximum atomic E-state index is 12.1. The van der Waals surface area contributed by atoms with Crippen molar-refractivity contribution in [3.63, 3.8) is 0 Å². The van der Waals surface area contributed by atoms with Crippen LogP contribution in [0.25, 0.3) is 0 Å². The average molecular weight is 326 g/mol. The number of carbonyl (C=O) groups is 2. The van der Waals surface area contributed by atoms with Gasteiger partial charge in [-0.3, -0.25) is 4.79 Å². The normalized spacial score (nSPS) is 18.4. The highest BCUT2D eigenvalue weighted by Gasteiger charge is 2.26. The molecule has 1 aromatic rings. The molecule has 0 spiro atoms. The second-order valence-corrected chi connectivity index (χ2v) is 5.56. The molecule has 1 aliphatic heterocycles. The first kappa shape index (κ1) is 13.9. The highest BCUT2D eigenvalue weighted by atomic mass is 79.9. The number of urea groups is 1. The van der Waals surface area contributed by atoms with Gasteiger partial charge in [0.25, 0.3) is 5.91 Å². The molecule has 102 valence electrons. The van der Waals surface area contributed by atoms with Crippen molar-refractivity contribution >= 4 is 27.9 Å². The number of amides is 3. The molecule has 1 saturated heterocycles. The SMILES string of the molecule is Cc1ccc(C(=O)N[C@@H]2CCN(C(N)=O)C2)cc1Br. The molecule has 19 heavy (non-hydrogen) atoms. The van der Waals surface area contributed by atoms with Crippen LogP contribution < -0.4 is 11.1 Å². The van der Waals surface area contributed by atoms with Gasteiger partial charge in [-0.25, -0.2) is 4.79 Å². The molecular formula is C13H16BrN3O2. The lowest BCUT2D eigenvalue weighted by Crippen LogP contribution is -2.40. The zero-order chi connectivity index (χ0) is 14.0. The number of hydrogen-bond donors (Lipinski definition) is 2. The summed E-state index contributed by atoms with van der Waals surface area (Å²) >= 11 is 3.41. The number of nitrogens with two attached hydrogens (primary N) is 1. The van der Waals surface area contributed by atoms with Crippen LogP contribution in [0.4, 0.5) is 4.79 Å². The van der Waals surface area contributed by atoms with Crippen molar-refractivity contribution < 1.29 is 9.59 Å². The molecule has 0 radical (unpaired) electrons. The molecule has 0 saturated carbocycles. The smallest absolute Gasteiger partial charge is 0.314 e. The lowest BCUT2D eigenvalue weighted by atomic mass is 10.1. The quantitative estimate of drug-likeness (QED) is 0.867. The van der Waals surface area contributed by atoms with Crippen molar-refractivity contribution in [2.24, 2.45) is 5.73 Å². The highest BCUT2D eigenvalue weighted by Crippen LogP contribution is 2.18. The van der Waals surface area contributed by atoms with Crippen molar-refractivity contribution in [3.05, 3.63) is 33.8 Å². The van der Waals surface area contributed by atoms with E-state index in [9.17, 15) is 9.59 Å². The predicted molar refractivity (Wildman–Crippen MR) is 75.9 cm³/mol. The molecule has 0 aliphatic carbocycles. The van der Waals surface area contributed by atoms with Crippen molar-refractivity contribution in [3.8, 4) is 0 Å². The second-order valence-electron chi connectivity index (χ2n) is 4.71. The lowest BCUT2D eigenvalue weighted by molar-refractivity contribution is 0.0938. The van der Waals surface area contributed by atoms with Crippen molar-refractivity contribution in [1.29, 1.82) is 0 Å². The number of likely N-dealkylation sites (tertiary alicyclic amines) is 1. The third-order valence-electron chi connectivity index (χ3n) is 3.27. The zero-order valence-electron chi connectivity index (χ0n) is 10.6. The number of hydrogen-bond acceptors (Lipinski definition) is 2. The van der Waals surface area contributed by atoms with Crippen LogP contribution >= 0.6 is 15.9 Å². The number of carbonyl (C=O) groups excluding carboxylic acids is 2. The Morgan fingerprint density at radius 3 is 2.79 bits per heavy atom. The van der Waals surface area contributed by atoms with E-state index in [1.54, 1.807) is 12.1 Å². The molecule has 1 aliphatic rings. The van der Waals surface area contributed by atoms with E-state index < -0.39 is 6.03 Å². The van der Waals surface area contributed by atoms with Gasteiger partial charge in [-0.2, -0.15) is 0 Å². The van der Waals surface area contributed by atoms with Gasteiger partial charge in [-0.1, -0.05) is 22.0 Å². The summed E-state index contributed by atoms with van der Waals surface area (Å²) < 4.78 is 0.908. The fourth-order valence-electron chi connectivity index (χ4n) is 2.08. The molecule has 1 heterocycles. The van der Waals surface area contributed by atoms with Gasteiger partial charge in [0.1, 0.15) is 0 Å². The predicted octanol–water partition coefficient (Wildman–Crippen LogP) is 1.64. The maximum Gasteiger partial charge on any atom is 0.314 e. The van der Waals surface area contributed by atoms with Crippen LogP contribution in [0.15, 0.2) is 22.7 Å². The molecule has 3 amide bonds. The van der Waals surface area contributed by atoms with E-state index in [-0.39, 0.29) is 11.9 Å². The molecule has 2 rings (SSSR count). The van der Waals surface area contributed by atoms with Gasteiger partial charge in [-0.15, -0.1) is 0 Å². The molecule has 5 nitrogen and oxygen atoms in total. The van der Waals surface area contributed by atoms with Crippen LogP contribution in [0.2, 0.25) is 0 Å². The first-order valence-corrected chi connectivity index (χ1v) is 6.88. The Balaban J connectivity index is 1.98. The van der Waals surface area contributed by atoms with Crippen molar-refractivity contribution in [2.45, 2.75) is 19.4 Å². The molecule has 6 heteroatoms. The maximum absolute atomic E-state index is 12.1. The van der Waals surface area contributed by atoms with E-state index in [1.165, 1.54) is 4.90 Å². The van der Waals surface area contributed by atoms with Crippen LogP contribution in [0, 0.1) is 6.92 Å². The number of benzene rings is 1. The third-order valence-corrected chi connectivity index (χ3v) is 4.12. The van der Waals surface area contributed by atoms with E-state index in [4.69, 9.17) is 5.73 Å². The molecule has 1 atom stereocenters. The van der Waals surface area contributed by atoms with Gasteiger partial charge >= 0.3 is 6.03 Å². The second kappa shape index (κ2) is 5.61. The van der Waals surface area contributed by atoms with Gasteiger partial charge in [0.2, 0.25) is 0 Å². The van der Waals surface area contributed by atoms with Crippen LogP contribution in [0.5, 0.6) is 0 Å². The van der Waals surface area contributed by atoms with E-state index >= 15 is 0 Å². The fraction of sp³-hybridized carbons (Fsp3) is 0.385. The zero-order valence-corrected chi connectivity index (χ0v) is 12.2. The summed E-state index contributed by atoms with van der Waals surface area (Å²) in [5.74, 6) is -0.128. The highest BCUT2D eigenvalue weighted by molar-refractivity contribution is 9.10. The van der Waals surface area contributed by atoms with Crippen LogP contribution in [-0.2, 0) is 0 Å². The third kappa shape index (κ3) is 3.26. The summed E-state index contributed by atoms with van der Waals surface area (Å²) in [7, 11) is 0. The van der Waals surface area contributed by atoms with Crippen LogP contribution in [0.3, 0.4) is 0 Å². The minimum absolute atomic E-state index is 0.0277. The Morgan fingerprint density at radius 2 is 2.21 bits per heavy atom. The summed E-state index contributed by atoms with van der Waals surface area (Å²) in [6, 6.07) is 5.01. The van der Waals surface area contributed by atoms with Gasteiger partial charge in [0.05, 0.1) is 0 Å². The van der Waals surface area contributed by atoms with E-state index in [2.05, 4.69) is 21.2 Å². The Bertz CT molecular complexity index is 519. The lowest BCUT2D eigenvalue weighted by Gasteiger charge is -2.15. The number of primary amides is 1. The number of nitrogens with zero attached hydrogens (tertiary/aromatic N) is 1. The van der Waals surface area contributed by atoms with Crippen molar-refractivity contribution in [2.75, 3.05) is 13.1 Å². The summed E-state index contributed by atoms with van der Waals surface area (Å²) in [6.45, 7) is 3.04. The van der Waals surface area contributed by atoms with Gasteiger partial charge < -0.3 is 16.0 Å².